The molecule has 0 unspecified atom stereocenters. The zero-order valence-corrected chi connectivity index (χ0v) is 15.7. The Morgan fingerprint density at radius 1 is 1.00 bits per heavy atom. The van der Waals surface area contributed by atoms with Crippen LogP contribution in [0.15, 0.2) is 58.3 Å². The highest BCUT2D eigenvalue weighted by atomic mass is 16.2. The highest BCUT2D eigenvalue weighted by Gasteiger charge is 2.16. The third-order valence-electron chi connectivity index (χ3n) is 4.81. The number of aromatic nitrogens is 4. The Morgan fingerprint density at radius 3 is 2.52 bits per heavy atom. The summed E-state index contributed by atoms with van der Waals surface area (Å²) in [6.07, 6.45) is 1.75. The molecule has 6 nitrogen and oxygen atoms in total. The number of hydrogen-bond donors (Lipinski definition) is 0. The Bertz CT molecular complexity index is 1260. The fourth-order valence-corrected chi connectivity index (χ4v) is 3.52. The van der Waals surface area contributed by atoms with Gasteiger partial charge in [0.2, 0.25) is 0 Å². The van der Waals surface area contributed by atoms with E-state index in [1.165, 1.54) is 12.4 Å². The van der Waals surface area contributed by atoms with Crippen molar-refractivity contribution in [3.63, 3.8) is 0 Å². The van der Waals surface area contributed by atoms with E-state index in [0.717, 1.165) is 15.5 Å². The molecule has 0 amide bonds. The van der Waals surface area contributed by atoms with E-state index in [2.05, 4.69) is 29.4 Å². The van der Waals surface area contributed by atoms with E-state index in [1.54, 1.807) is 15.4 Å². The molecule has 0 aliphatic rings. The van der Waals surface area contributed by atoms with E-state index in [0.29, 0.717) is 24.1 Å². The first-order valence-electron chi connectivity index (χ1n) is 9.09. The number of benzene rings is 2. The van der Waals surface area contributed by atoms with Crippen LogP contribution in [0.1, 0.15) is 19.4 Å². The minimum atomic E-state index is -0.323. The van der Waals surface area contributed by atoms with E-state index in [1.807, 2.05) is 32.0 Å². The topological polar surface area (TPSA) is 61.8 Å². The molecule has 4 aromatic rings. The number of hydrogen-bond acceptors (Lipinski definition) is 3. The molecule has 0 bridgehead atoms. The predicted molar refractivity (Wildman–Crippen MR) is 107 cm³/mol. The van der Waals surface area contributed by atoms with Gasteiger partial charge >= 0.3 is 5.69 Å². The summed E-state index contributed by atoms with van der Waals surface area (Å²) >= 11 is 0. The number of fused-ring (bicyclic) bond motifs is 2. The second kappa shape index (κ2) is 6.54. The second-order valence-corrected chi connectivity index (χ2v) is 7.35. The van der Waals surface area contributed by atoms with Gasteiger partial charge in [0.1, 0.15) is 5.39 Å². The maximum atomic E-state index is 12.6. The quantitative estimate of drug-likeness (QED) is 0.561. The predicted octanol–water partition coefficient (Wildman–Crippen LogP) is 2.75. The lowest BCUT2D eigenvalue weighted by molar-refractivity contribution is 0.498. The monoisotopic (exact) mass is 362 g/mol. The van der Waals surface area contributed by atoms with Crippen LogP contribution in [0.25, 0.3) is 21.8 Å². The molecule has 0 N–H and O–H groups in total. The highest BCUT2D eigenvalue weighted by molar-refractivity contribution is 5.85. The lowest BCUT2D eigenvalue weighted by atomic mass is 10.0. The lowest BCUT2D eigenvalue weighted by Gasteiger charge is -2.10. The first-order valence-corrected chi connectivity index (χ1v) is 9.09. The van der Waals surface area contributed by atoms with Crippen LogP contribution in [0.5, 0.6) is 0 Å². The van der Waals surface area contributed by atoms with E-state index < -0.39 is 0 Å². The molecule has 2 heterocycles. The summed E-state index contributed by atoms with van der Waals surface area (Å²) in [6, 6.07) is 14.4. The normalized spacial score (nSPS) is 11.7. The van der Waals surface area contributed by atoms with Gasteiger partial charge in [-0.15, -0.1) is 0 Å². The van der Waals surface area contributed by atoms with Gasteiger partial charge in [-0.05, 0) is 22.3 Å². The van der Waals surface area contributed by atoms with Crippen molar-refractivity contribution in [1.29, 1.82) is 0 Å². The standard InChI is InChI=1S/C21H22N4O2/c1-14(2)11-25-19-18(20(26)23(3)21(25)27)13-24(22-19)12-16-9-6-8-15-7-4-5-10-17(15)16/h4-10,13-14H,11-12H2,1-3H3. The molecule has 27 heavy (non-hydrogen) atoms. The van der Waals surface area contributed by atoms with E-state index >= 15 is 0 Å². The summed E-state index contributed by atoms with van der Waals surface area (Å²) in [5.74, 6) is 0.270. The van der Waals surface area contributed by atoms with Crippen molar-refractivity contribution in [2.45, 2.75) is 26.9 Å². The van der Waals surface area contributed by atoms with Gasteiger partial charge in [0.05, 0.1) is 6.54 Å². The van der Waals surface area contributed by atoms with Crippen molar-refractivity contribution in [3.05, 3.63) is 75.1 Å². The SMILES string of the molecule is CC(C)Cn1c(=O)n(C)c(=O)c2cn(Cc3cccc4ccccc34)nc21. The summed E-state index contributed by atoms with van der Waals surface area (Å²) in [7, 11) is 1.52. The van der Waals surface area contributed by atoms with Gasteiger partial charge in [0, 0.05) is 19.8 Å². The summed E-state index contributed by atoms with van der Waals surface area (Å²) in [4.78, 5) is 25.1. The van der Waals surface area contributed by atoms with Gasteiger partial charge < -0.3 is 0 Å². The number of nitrogens with zero attached hydrogens (tertiary/aromatic N) is 4. The maximum Gasteiger partial charge on any atom is 0.332 e. The minimum Gasteiger partial charge on any atom is -0.276 e. The molecule has 0 aliphatic heterocycles. The van der Waals surface area contributed by atoms with E-state index in [9.17, 15) is 9.59 Å². The Labute approximate surface area is 156 Å². The van der Waals surface area contributed by atoms with Crippen molar-refractivity contribution in [2.24, 2.45) is 13.0 Å². The summed E-state index contributed by atoms with van der Waals surface area (Å²) < 4.78 is 4.51. The molecular formula is C21H22N4O2. The van der Waals surface area contributed by atoms with Crippen molar-refractivity contribution in [1.82, 2.24) is 18.9 Å². The van der Waals surface area contributed by atoms with Gasteiger partial charge in [-0.2, -0.15) is 5.10 Å². The Balaban J connectivity index is 1.87. The molecule has 0 fully saturated rings. The summed E-state index contributed by atoms with van der Waals surface area (Å²) in [5, 5.41) is 7.39. The Kier molecular flexibility index (Phi) is 4.18. The van der Waals surface area contributed by atoms with Crippen LogP contribution in [-0.2, 0) is 20.1 Å². The molecule has 0 saturated carbocycles. The van der Waals surface area contributed by atoms with Crippen molar-refractivity contribution in [3.8, 4) is 0 Å². The minimum absolute atomic E-state index is 0.270. The molecule has 0 atom stereocenters. The first-order chi connectivity index (χ1) is 13.0. The van der Waals surface area contributed by atoms with Crippen LogP contribution in [0, 0.1) is 5.92 Å². The van der Waals surface area contributed by atoms with Gasteiger partial charge in [0.15, 0.2) is 5.65 Å². The molecular weight excluding hydrogens is 340 g/mol. The Hall–Kier alpha value is -3.15. The molecule has 0 radical (unpaired) electrons. The van der Waals surface area contributed by atoms with Crippen molar-refractivity contribution >= 4 is 21.8 Å². The van der Waals surface area contributed by atoms with E-state index in [-0.39, 0.29) is 17.2 Å². The second-order valence-electron chi connectivity index (χ2n) is 7.35. The zero-order chi connectivity index (χ0) is 19.1. The van der Waals surface area contributed by atoms with Crippen LogP contribution in [0.4, 0.5) is 0 Å². The third kappa shape index (κ3) is 2.97. The molecule has 6 heteroatoms. The summed E-state index contributed by atoms with van der Waals surface area (Å²) in [5.41, 5.74) is 0.948. The van der Waals surface area contributed by atoms with Crippen LogP contribution in [0.2, 0.25) is 0 Å². The molecule has 2 aromatic carbocycles. The van der Waals surface area contributed by atoms with Crippen LogP contribution in [0.3, 0.4) is 0 Å². The van der Waals surface area contributed by atoms with Crippen LogP contribution < -0.4 is 11.2 Å². The maximum absolute atomic E-state index is 12.6. The molecule has 2 aromatic heterocycles. The van der Waals surface area contributed by atoms with Gasteiger partial charge in [-0.1, -0.05) is 56.3 Å². The largest absolute Gasteiger partial charge is 0.332 e. The first kappa shape index (κ1) is 17.3. The van der Waals surface area contributed by atoms with Gasteiger partial charge in [-0.3, -0.25) is 18.6 Å². The number of rotatable bonds is 4. The Morgan fingerprint density at radius 2 is 1.74 bits per heavy atom. The fraction of sp³-hybridized carbons (Fsp3) is 0.286. The van der Waals surface area contributed by atoms with Crippen LogP contribution >= 0.6 is 0 Å². The summed E-state index contributed by atoms with van der Waals surface area (Å²) in [6.45, 7) is 5.14. The average molecular weight is 362 g/mol. The van der Waals surface area contributed by atoms with Gasteiger partial charge in [-0.25, -0.2) is 4.79 Å². The molecule has 138 valence electrons. The lowest BCUT2D eigenvalue weighted by Crippen LogP contribution is -2.38. The molecule has 0 saturated heterocycles. The smallest absolute Gasteiger partial charge is 0.276 e. The zero-order valence-electron chi connectivity index (χ0n) is 15.7. The molecule has 0 spiro atoms. The van der Waals surface area contributed by atoms with Crippen molar-refractivity contribution in [2.75, 3.05) is 0 Å². The third-order valence-corrected chi connectivity index (χ3v) is 4.81. The average Bonchev–Trinajstić information content (AvgIpc) is 3.07. The van der Waals surface area contributed by atoms with Gasteiger partial charge in [0.25, 0.3) is 5.56 Å². The van der Waals surface area contributed by atoms with Crippen LogP contribution in [-0.4, -0.2) is 18.9 Å². The molecule has 0 aliphatic carbocycles. The molecule has 4 rings (SSSR count). The highest BCUT2D eigenvalue weighted by Crippen LogP contribution is 2.20. The fourth-order valence-electron chi connectivity index (χ4n) is 3.52. The van der Waals surface area contributed by atoms with E-state index in [4.69, 9.17) is 0 Å². The van der Waals surface area contributed by atoms with Crippen molar-refractivity contribution < 1.29 is 0 Å².